The molecule has 0 spiro atoms. The van der Waals surface area contributed by atoms with Gasteiger partial charge in [0.2, 0.25) is 17.7 Å². The number of hydrogen-bond acceptors (Lipinski definition) is 3. The van der Waals surface area contributed by atoms with Crippen molar-refractivity contribution in [2.45, 2.75) is 39.2 Å². The molecule has 0 rings (SSSR count). The predicted molar refractivity (Wildman–Crippen MR) is 59.3 cm³/mol. The van der Waals surface area contributed by atoms with Crippen molar-refractivity contribution in [3.05, 3.63) is 0 Å². The highest BCUT2D eigenvalue weighted by Gasteiger charge is 2.19. The molecule has 4 N–H and O–H groups in total. The van der Waals surface area contributed by atoms with Gasteiger partial charge in [0.1, 0.15) is 6.04 Å². The van der Waals surface area contributed by atoms with E-state index >= 15 is 0 Å². The van der Waals surface area contributed by atoms with Gasteiger partial charge in [-0.25, -0.2) is 0 Å². The highest BCUT2D eigenvalue weighted by Crippen LogP contribution is 1.98. The van der Waals surface area contributed by atoms with E-state index in [4.69, 9.17) is 5.73 Å². The van der Waals surface area contributed by atoms with Crippen molar-refractivity contribution < 1.29 is 14.4 Å². The Kier molecular flexibility index (Phi) is 6.91. The zero-order valence-corrected chi connectivity index (χ0v) is 9.71. The lowest BCUT2D eigenvalue weighted by Gasteiger charge is -2.16. The average molecular weight is 229 g/mol. The van der Waals surface area contributed by atoms with Gasteiger partial charge in [-0.1, -0.05) is 6.92 Å². The number of rotatable bonds is 7. The summed E-state index contributed by atoms with van der Waals surface area (Å²) in [5.74, 6) is -0.994. The first-order valence-electron chi connectivity index (χ1n) is 5.36. The Morgan fingerprint density at radius 1 is 1.25 bits per heavy atom. The molecule has 0 saturated heterocycles. The molecule has 6 heteroatoms. The molecule has 6 nitrogen and oxygen atoms in total. The van der Waals surface area contributed by atoms with Gasteiger partial charge in [0.25, 0.3) is 0 Å². The quantitative estimate of drug-likeness (QED) is 0.537. The Hall–Kier alpha value is -1.59. The molecule has 0 aromatic rings. The van der Waals surface area contributed by atoms with E-state index in [2.05, 4.69) is 10.6 Å². The zero-order valence-electron chi connectivity index (χ0n) is 9.71. The lowest BCUT2D eigenvalue weighted by Crippen LogP contribution is -2.46. The van der Waals surface area contributed by atoms with E-state index < -0.39 is 11.9 Å². The summed E-state index contributed by atoms with van der Waals surface area (Å²) >= 11 is 0. The lowest BCUT2D eigenvalue weighted by atomic mass is 10.1. The minimum Gasteiger partial charge on any atom is -0.370 e. The van der Waals surface area contributed by atoms with E-state index in [-0.39, 0.29) is 24.7 Å². The van der Waals surface area contributed by atoms with Crippen LogP contribution < -0.4 is 16.4 Å². The van der Waals surface area contributed by atoms with Crippen LogP contribution in [-0.4, -0.2) is 30.3 Å². The number of nitrogens with two attached hydrogens (primary N) is 1. The highest BCUT2D eigenvalue weighted by molar-refractivity contribution is 5.88. The van der Waals surface area contributed by atoms with Gasteiger partial charge in [0, 0.05) is 19.4 Å². The monoisotopic (exact) mass is 229 g/mol. The van der Waals surface area contributed by atoms with Crippen LogP contribution in [0.25, 0.3) is 0 Å². The second-order valence-electron chi connectivity index (χ2n) is 3.37. The summed E-state index contributed by atoms with van der Waals surface area (Å²) in [6.45, 7) is 3.96. The molecule has 1 unspecified atom stereocenters. The number of amides is 3. The Labute approximate surface area is 94.9 Å². The summed E-state index contributed by atoms with van der Waals surface area (Å²) in [5, 5.41) is 5.14. The molecule has 0 aliphatic carbocycles. The summed E-state index contributed by atoms with van der Waals surface area (Å²) in [7, 11) is 0. The van der Waals surface area contributed by atoms with E-state index in [1.54, 1.807) is 13.8 Å². The molecule has 0 aromatic heterocycles. The lowest BCUT2D eigenvalue weighted by molar-refractivity contribution is -0.129. The van der Waals surface area contributed by atoms with Crippen molar-refractivity contribution in [3.63, 3.8) is 0 Å². The van der Waals surface area contributed by atoms with E-state index in [0.717, 1.165) is 0 Å². The van der Waals surface area contributed by atoms with Gasteiger partial charge in [-0.2, -0.15) is 0 Å². The fourth-order valence-electron chi connectivity index (χ4n) is 1.15. The molecule has 0 heterocycles. The van der Waals surface area contributed by atoms with E-state index in [1.807, 2.05) is 0 Å². The number of carbonyl (C=O) groups excluding carboxylic acids is 3. The topological polar surface area (TPSA) is 101 Å². The van der Waals surface area contributed by atoms with Crippen LogP contribution in [-0.2, 0) is 14.4 Å². The zero-order chi connectivity index (χ0) is 12.6. The van der Waals surface area contributed by atoms with Crippen LogP contribution in [0.5, 0.6) is 0 Å². The molecule has 1 atom stereocenters. The molecule has 0 aromatic carbocycles. The minimum absolute atomic E-state index is 0.0752. The maximum Gasteiger partial charge on any atom is 0.242 e. The van der Waals surface area contributed by atoms with Crippen LogP contribution in [0.1, 0.15) is 33.1 Å². The first kappa shape index (κ1) is 14.4. The standard InChI is InChI=1S/C10H19N3O3/c1-3-9(15)13-7(5-6-8(11)14)10(16)12-4-2/h7H,3-6H2,1-2H3,(H2,11,14)(H,12,16)(H,13,15). The normalized spacial score (nSPS) is 11.6. The van der Waals surface area contributed by atoms with Crippen LogP contribution in [0.3, 0.4) is 0 Å². The van der Waals surface area contributed by atoms with Crippen molar-refractivity contribution in [2.75, 3.05) is 6.54 Å². The Morgan fingerprint density at radius 2 is 1.88 bits per heavy atom. The fourth-order valence-corrected chi connectivity index (χ4v) is 1.15. The first-order chi connectivity index (χ1) is 7.51. The Morgan fingerprint density at radius 3 is 2.31 bits per heavy atom. The summed E-state index contributed by atoms with van der Waals surface area (Å²) in [6, 6.07) is -0.681. The first-order valence-corrected chi connectivity index (χ1v) is 5.36. The van der Waals surface area contributed by atoms with Crippen LogP contribution in [0.4, 0.5) is 0 Å². The molecular formula is C10H19N3O3. The SMILES string of the molecule is CCNC(=O)C(CCC(N)=O)NC(=O)CC. The van der Waals surface area contributed by atoms with Crippen LogP contribution in [0.2, 0.25) is 0 Å². The highest BCUT2D eigenvalue weighted by atomic mass is 16.2. The maximum absolute atomic E-state index is 11.5. The molecule has 0 saturated carbocycles. The predicted octanol–water partition coefficient (Wildman–Crippen LogP) is -0.717. The third kappa shape index (κ3) is 6.00. The largest absolute Gasteiger partial charge is 0.370 e. The van der Waals surface area contributed by atoms with Crippen LogP contribution >= 0.6 is 0 Å². The van der Waals surface area contributed by atoms with E-state index in [1.165, 1.54) is 0 Å². The van der Waals surface area contributed by atoms with Gasteiger partial charge < -0.3 is 16.4 Å². The average Bonchev–Trinajstić information content (AvgIpc) is 2.23. The van der Waals surface area contributed by atoms with Gasteiger partial charge in [-0.05, 0) is 13.3 Å². The third-order valence-corrected chi connectivity index (χ3v) is 2.00. The Balaban J connectivity index is 4.31. The number of primary amides is 1. The van der Waals surface area contributed by atoms with Crippen LogP contribution in [0, 0.1) is 0 Å². The molecule has 92 valence electrons. The molecule has 0 aliphatic rings. The van der Waals surface area contributed by atoms with Crippen molar-refractivity contribution in [1.29, 1.82) is 0 Å². The number of hydrogen-bond donors (Lipinski definition) is 3. The van der Waals surface area contributed by atoms with Gasteiger partial charge >= 0.3 is 0 Å². The number of carbonyl (C=O) groups is 3. The maximum atomic E-state index is 11.5. The minimum atomic E-state index is -0.681. The summed E-state index contributed by atoms with van der Waals surface area (Å²) < 4.78 is 0. The number of nitrogens with one attached hydrogen (secondary N) is 2. The number of likely N-dealkylation sites (N-methyl/N-ethyl adjacent to an activating group) is 1. The molecule has 0 radical (unpaired) electrons. The van der Waals surface area contributed by atoms with Gasteiger partial charge in [-0.15, -0.1) is 0 Å². The summed E-state index contributed by atoms with van der Waals surface area (Å²) in [4.78, 5) is 33.3. The van der Waals surface area contributed by atoms with Crippen LogP contribution in [0.15, 0.2) is 0 Å². The molecule has 16 heavy (non-hydrogen) atoms. The summed E-state index contributed by atoms with van der Waals surface area (Å²) in [6.07, 6.45) is 0.602. The van der Waals surface area contributed by atoms with Gasteiger partial charge in [0.15, 0.2) is 0 Å². The van der Waals surface area contributed by atoms with Crippen molar-refractivity contribution in [3.8, 4) is 0 Å². The smallest absolute Gasteiger partial charge is 0.242 e. The van der Waals surface area contributed by atoms with Crippen molar-refractivity contribution in [1.82, 2.24) is 10.6 Å². The van der Waals surface area contributed by atoms with E-state index in [9.17, 15) is 14.4 Å². The second kappa shape index (κ2) is 7.67. The summed E-state index contributed by atoms with van der Waals surface area (Å²) in [5.41, 5.74) is 4.99. The molecule has 3 amide bonds. The van der Waals surface area contributed by atoms with Gasteiger partial charge in [-0.3, -0.25) is 14.4 Å². The van der Waals surface area contributed by atoms with Gasteiger partial charge in [0.05, 0.1) is 0 Å². The third-order valence-electron chi connectivity index (χ3n) is 2.00. The van der Waals surface area contributed by atoms with Crippen molar-refractivity contribution >= 4 is 17.7 Å². The molecular weight excluding hydrogens is 210 g/mol. The van der Waals surface area contributed by atoms with Crippen molar-refractivity contribution in [2.24, 2.45) is 5.73 Å². The fraction of sp³-hybridized carbons (Fsp3) is 0.700. The second-order valence-corrected chi connectivity index (χ2v) is 3.37. The Bertz CT molecular complexity index is 266. The molecule has 0 bridgehead atoms. The molecule has 0 aliphatic heterocycles. The molecule has 0 fully saturated rings. The van der Waals surface area contributed by atoms with E-state index in [0.29, 0.717) is 13.0 Å².